The number of anilines is 2. The first kappa shape index (κ1) is 25.8. The van der Waals surface area contributed by atoms with Crippen molar-refractivity contribution in [1.82, 2.24) is 14.9 Å². The highest BCUT2D eigenvalue weighted by Gasteiger charge is 2.14. The zero-order valence-corrected chi connectivity index (χ0v) is 20.7. The Labute approximate surface area is 214 Å². The van der Waals surface area contributed by atoms with E-state index in [-0.39, 0.29) is 17.6 Å². The third kappa shape index (κ3) is 7.34. The van der Waals surface area contributed by atoms with E-state index in [2.05, 4.69) is 20.2 Å². The van der Waals surface area contributed by atoms with Gasteiger partial charge in [-0.3, -0.25) is 15.0 Å². The van der Waals surface area contributed by atoms with Crippen molar-refractivity contribution in [1.29, 1.82) is 0 Å². The van der Waals surface area contributed by atoms with Crippen LogP contribution < -0.4 is 10.1 Å². The van der Waals surface area contributed by atoms with Crippen LogP contribution in [0, 0.1) is 17.0 Å². The number of rotatable bonds is 11. The van der Waals surface area contributed by atoms with E-state index in [0.29, 0.717) is 30.3 Å². The van der Waals surface area contributed by atoms with Gasteiger partial charge in [0.25, 0.3) is 5.69 Å². The normalized spacial score (nSPS) is 13.9. The van der Waals surface area contributed by atoms with Gasteiger partial charge in [0, 0.05) is 54.8 Å². The minimum absolute atomic E-state index is 0.000733. The summed E-state index contributed by atoms with van der Waals surface area (Å²) in [5.41, 5.74) is 3.26. The molecule has 0 radical (unpaired) electrons. The molecule has 3 aromatic rings. The maximum absolute atomic E-state index is 11.3. The van der Waals surface area contributed by atoms with Crippen LogP contribution in [0.2, 0.25) is 5.28 Å². The van der Waals surface area contributed by atoms with Crippen LogP contribution in [0.5, 0.6) is 5.75 Å². The van der Waals surface area contributed by atoms with Gasteiger partial charge in [0.2, 0.25) is 5.28 Å². The Kier molecular flexibility index (Phi) is 9.01. The molecule has 0 atom stereocenters. The number of aromatic nitrogens is 2. The summed E-state index contributed by atoms with van der Waals surface area (Å²) in [6, 6.07) is 12.3. The Balaban J connectivity index is 1.36. The first-order valence-electron chi connectivity index (χ1n) is 11.6. The number of ether oxygens (including phenoxy) is 3. The Bertz CT molecular complexity index is 1190. The van der Waals surface area contributed by atoms with Gasteiger partial charge < -0.3 is 19.5 Å². The first-order valence-corrected chi connectivity index (χ1v) is 12.0. The van der Waals surface area contributed by atoms with Crippen LogP contribution in [0.15, 0.2) is 48.7 Å². The zero-order chi connectivity index (χ0) is 25.3. The maximum atomic E-state index is 11.3. The summed E-state index contributed by atoms with van der Waals surface area (Å²) in [5.74, 6) is 1.21. The van der Waals surface area contributed by atoms with Crippen molar-refractivity contribution in [3.63, 3.8) is 0 Å². The van der Waals surface area contributed by atoms with Crippen molar-refractivity contribution >= 4 is 28.8 Å². The smallest absolute Gasteiger partial charge is 0.270 e. The van der Waals surface area contributed by atoms with Gasteiger partial charge in [0.15, 0.2) is 0 Å². The molecule has 1 aliphatic heterocycles. The number of halogens is 1. The van der Waals surface area contributed by atoms with E-state index in [0.717, 1.165) is 49.7 Å². The van der Waals surface area contributed by atoms with E-state index < -0.39 is 4.92 Å². The van der Waals surface area contributed by atoms with Gasteiger partial charge in [-0.15, -0.1) is 0 Å². The summed E-state index contributed by atoms with van der Waals surface area (Å²) < 4.78 is 17.3. The van der Waals surface area contributed by atoms with Crippen LogP contribution in [0.4, 0.5) is 17.2 Å². The molecular formula is C25H28ClN5O5. The van der Waals surface area contributed by atoms with Crippen LogP contribution in [0.3, 0.4) is 0 Å². The summed E-state index contributed by atoms with van der Waals surface area (Å²) in [6.07, 6.45) is 1.66. The fourth-order valence-electron chi connectivity index (χ4n) is 3.74. The molecule has 1 aliphatic rings. The number of aryl methyl sites for hydroxylation is 1. The van der Waals surface area contributed by atoms with Crippen molar-refractivity contribution in [3.8, 4) is 5.75 Å². The number of non-ortho nitro benzene ring substituents is 1. The minimum atomic E-state index is -0.419. The monoisotopic (exact) mass is 513 g/mol. The van der Waals surface area contributed by atoms with Crippen molar-refractivity contribution in [2.45, 2.75) is 20.1 Å². The highest BCUT2D eigenvalue weighted by Crippen LogP contribution is 2.26. The largest absolute Gasteiger partial charge is 0.492 e. The van der Waals surface area contributed by atoms with Crippen molar-refractivity contribution in [2.24, 2.45) is 0 Å². The number of nitro benzene ring substituents is 1. The summed E-state index contributed by atoms with van der Waals surface area (Å²) >= 11 is 5.91. The molecule has 0 spiro atoms. The summed E-state index contributed by atoms with van der Waals surface area (Å²) in [7, 11) is 0. The number of hydrogen-bond acceptors (Lipinski definition) is 9. The molecule has 0 amide bonds. The van der Waals surface area contributed by atoms with Gasteiger partial charge in [-0.2, -0.15) is 0 Å². The molecule has 0 saturated carbocycles. The van der Waals surface area contributed by atoms with E-state index in [1.165, 1.54) is 12.1 Å². The van der Waals surface area contributed by atoms with Crippen LogP contribution in [-0.2, 0) is 22.7 Å². The fraction of sp³-hybridized carbons (Fsp3) is 0.360. The molecule has 2 heterocycles. The van der Waals surface area contributed by atoms with Crippen molar-refractivity contribution in [3.05, 3.63) is 80.7 Å². The van der Waals surface area contributed by atoms with Gasteiger partial charge in [0.05, 0.1) is 31.4 Å². The fourth-order valence-corrected chi connectivity index (χ4v) is 3.88. The highest BCUT2D eigenvalue weighted by atomic mass is 35.5. The Morgan fingerprint density at radius 1 is 1.19 bits per heavy atom. The lowest BCUT2D eigenvalue weighted by atomic mass is 10.2. The quantitative estimate of drug-likeness (QED) is 0.224. The number of nitrogens with one attached hydrogen (secondary N) is 1. The van der Waals surface area contributed by atoms with Crippen molar-refractivity contribution < 1.29 is 19.1 Å². The summed E-state index contributed by atoms with van der Waals surface area (Å²) in [6.45, 7) is 6.81. The first-order chi connectivity index (χ1) is 17.5. The topological polar surface area (TPSA) is 112 Å². The second kappa shape index (κ2) is 12.6. The molecule has 36 heavy (non-hydrogen) atoms. The number of hydrogen-bond donors (Lipinski definition) is 1. The molecular weight excluding hydrogens is 486 g/mol. The third-order valence-corrected chi connectivity index (χ3v) is 5.86. The zero-order valence-electron chi connectivity index (χ0n) is 20.0. The van der Waals surface area contributed by atoms with Crippen LogP contribution in [0.25, 0.3) is 0 Å². The Morgan fingerprint density at radius 2 is 2.03 bits per heavy atom. The van der Waals surface area contributed by atoms with Crippen LogP contribution in [0.1, 0.15) is 16.7 Å². The average molecular weight is 514 g/mol. The van der Waals surface area contributed by atoms with E-state index in [1.54, 1.807) is 12.3 Å². The van der Waals surface area contributed by atoms with E-state index in [4.69, 9.17) is 25.8 Å². The molecule has 190 valence electrons. The van der Waals surface area contributed by atoms with Gasteiger partial charge >= 0.3 is 0 Å². The summed E-state index contributed by atoms with van der Waals surface area (Å²) in [4.78, 5) is 21.3. The second-order valence-electron chi connectivity index (χ2n) is 8.34. The number of nitrogens with zero attached hydrogens (tertiary/aromatic N) is 4. The molecule has 0 unspecified atom stereocenters. The predicted octanol–water partition coefficient (Wildman–Crippen LogP) is 4.52. The van der Waals surface area contributed by atoms with Gasteiger partial charge in [-0.05, 0) is 42.3 Å². The van der Waals surface area contributed by atoms with Gasteiger partial charge in [-0.1, -0.05) is 12.1 Å². The molecule has 10 nitrogen and oxygen atoms in total. The van der Waals surface area contributed by atoms with Gasteiger partial charge in [-0.25, -0.2) is 9.97 Å². The van der Waals surface area contributed by atoms with E-state index in [1.807, 2.05) is 31.2 Å². The van der Waals surface area contributed by atoms with E-state index >= 15 is 0 Å². The highest BCUT2D eigenvalue weighted by molar-refractivity contribution is 6.28. The molecule has 1 aromatic heterocycles. The SMILES string of the molecule is Cc1cnc(Cl)nc1Nc1cccc(COCc2cc([N+](=O)[O-])ccc2OCCN2CCOCC2)c1. The molecule has 4 rings (SSSR count). The molecule has 2 aromatic carbocycles. The lowest BCUT2D eigenvalue weighted by molar-refractivity contribution is -0.385. The lowest BCUT2D eigenvalue weighted by Crippen LogP contribution is -2.38. The minimum Gasteiger partial charge on any atom is -0.492 e. The molecule has 1 fully saturated rings. The molecule has 1 N–H and O–H groups in total. The van der Waals surface area contributed by atoms with Gasteiger partial charge in [0.1, 0.15) is 18.2 Å². The lowest BCUT2D eigenvalue weighted by Gasteiger charge is -2.26. The number of nitro groups is 1. The maximum Gasteiger partial charge on any atom is 0.270 e. The molecule has 0 bridgehead atoms. The molecule has 11 heteroatoms. The second-order valence-corrected chi connectivity index (χ2v) is 8.68. The van der Waals surface area contributed by atoms with Crippen LogP contribution in [-0.4, -0.2) is 59.2 Å². The predicted molar refractivity (Wildman–Crippen MR) is 136 cm³/mol. The average Bonchev–Trinajstić information content (AvgIpc) is 2.88. The van der Waals surface area contributed by atoms with E-state index in [9.17, 15) is 10.1 Å². The standard InChI is InChI=1S/C25H28ClN5O5/c1-18-15-27-25(26)29-24(18)28-21-4-2-3-19(13-21)16-35-17-20-14-22(31(32)33)5-6-23(20)36-12-9-30-7-10-34-11-8-30/h2-6,13-15H,7-12,16-17H2,1H3,(H,27,28,29). The number of morpholine rings is 1. The molecule has 1 saturated heterocycles. The Morgan fingerprint density at radius 3 is 2.83 bits per heavy atom. The van der Waals surface area contributed by atoms with Crippen LogP contribution >= 0.6 is 11.6 Å². The molecule has 0 aliphatic carbocycles. The van der Waals surface area contributed by atoms with Crippen molar-refractivity contribution in [2.75, 3.05) is 44.8 Å². The number of benzene rings is 2. The summed E-state index contributed by atoms with van der Waals surface area (Å²) in [5, 5.41) is 14.7. The third-order valence-electron chi connectivity index (χ3n) is 5.68. The Hall–Kier alpha value is -3.31.